The SMILES string of the molecule is CC1(C)C(O)CC1NC(=O)Nc1cc(F)c(Br)cc1Cl. The number of rotatable bonds is 2. The van der Waals surface area contributed by atoms with Gasteiger partial charge >= 0.3 is 6.03 Å². The van der Waals surface area contributed by atoms with Crippen LogP contribution in [0.4, 0.5) is 14.9 Å². The first-order valence-corrected chi connectivity index (χ1v) is 7.29. The highest BCUT2D eigenvalue weighted by Crippen LogP contribution is 2.40. The third kappa shape index (κ3) is 2.92. The molecule has 1 aromatic carbocycles. The van der Waals surface area contributed by atoms with Crippen LogP contribution in [0.3, 0.4) is 0 Å². The summed E-state index contributed by atoms with van der Waals surface area (Å²) in [6.07, 6.45) is 0.0737. The van der Waals surface area contributed by atoms with Crippen LogP contribution in [0, 0.1) is 11.2 Å². The molecule has 7 heteroatoms. The Labute approximate surface area is 129 Å². The van der Waals surface area contributed by atoms with E-state index in [0.29, 0.717) is 6.42 Å². The molecule has 2 rings (SSSR count). The maximum Gasteiger partial charge on any atom is 0.319 e. The molecule has 1 aliphatic rings. The van der Waals surface area contributed by atoms with Gasteiger partial charge in [0.2, 0.25) is 0 Å². The number of halogens is 3. The van der Waals surface area contributed by atoms with Crippen molar-refractivity contribution >= 4 is 39.2 Å². The van der Waals surface area contributed by atoms with E-state index in [4.69, 9.17) is 11.6 Å². The number of aliphatic hydroxyl groups is 1. The fourth-order valence-corrected chi connectivity index (χ4v) is 2.77. The second-order valence-electron chi connectivity index (χ2n) is 5.47. The highest BCUT2D eigenvalue weighted by molar-refractivity contribution is 9.10. The van der Waals surface area contributed by atoms with Gasteiger partial charge in [-0.1, -0.05) is 25.4 Å². The number of nitrogens with one attached hydrogen (secondary N) is 2. The van der Waals surface area contributed by atoms with Crippen molar-refractivity contribution in [1.29, 1.82) is 0 Å². The lowest BCUT2D eigenvalue weighted by Gasteiger charge is -2.49. The number of anilines is 1. The van der Waals surface area contributed by atoms with E-state index >= 15 is 0 Å². The summed E-state index contributed by atoms with van der Waals surface area (Å²) < 4.78 is 13.6. The van der Waals surface area contributed by atoms with E-state index in [-0.39, 0.29) is 26.6 Å². The van der Waals surface area contributed by atoms with E-state index in [0.717, 1.165) is 6.07 Å². The molecule has 20 heavy (non-hydrogen) atoms. The standard InChI is InChI=1S/C13H15BrClFN2O2/c1-13(2)10(5-11(13)19)18-12(20)17-9-4-8(16)6(14)3-7(9)15/h3-4,10-11,19H,5H2,1-2H3,(H2,17,18,20). The lowest BCUT2D eigenvalue weighted by atomic mass is 9.65. The van der Waals surface area contributed by atoms with Gasteiger partial charge in [-0.2, -0.15) is 0 Å². The minimum atomic E-state index is -0.510. The Balaban J connectivity index is 2.01. The first kappa shape index (κ1) is 15.5. The van der Waals surface area contributed by atoms with Crippen LogP contribution in [0.5, 0.6) is 0 Å². The fourth-order valence-electron chi connectivity index (χ4n) is 2.08. The number of hydrogen-bond donors (Lipinski definition) is 3. The fraction of sp³-hybridized carbons (Fsp3) is 0.462. The quantitative estimate of drug-likeness (QED) is 0.702. The number of hydrogen-bond acceptors (Lipinski definition) is 2. The first-order valence-electron chi connectivity index (χ1n) is 6.12. The monoisotopic (exact) mass is 364 g/mol. The molecule has 1 aliphatic carbocycles. The van der Waals surface area contributed by atoms with Crippen molar-refractivity contribution < 1.29 is 14.3 Å². The van der Waals surface area contributed by atoms with Crippen molar-refractivity contribution in [2.24, 2.45) is 5.41 Å². The molecule has 0 aliphatic heterocycles. The molecule has 1 saturated carbocycles. The van der Waals surface area contributed by atoms with Gasteiger partial charge in [0, 0.05) is 17.5 Å². The summed E-state index contributed by atoms with van der Waals surface area (Å²) in [6, 6.07) is 1.92. The average molecular weight is 366 g/mol. The molecule has 0 heterocycles. The summed E-state index contributed by atoms with van der Waals surface area (Å²) in [7, 11) is 0. The molecular formula is C13H15BrClFN2O2. The maximum atomic E-state index is 13.4. The van der Waals surface area contributed by atoms with Gasteiger partial charge in [-0.15, -0.1) is 0 Å². The van der Waals surface area contributed by atoms with Gasteiger partial charge < -0.3 is 15.7 Å². The number of carbonyl (C=O) groups is 1. The lowest BCUT2D eigenvalue weighted by Crippen LogP contribution is -2.61. The van der Waals surface area contributed by atoms with E-state index in [1.807, 2.05) is 13.8 Å². The largest absolute Gasteiger partial charge is 0.392 e. The Morgan fingerprint density at radius 2 is 2.20 bits per heavy atom. The molecule has 1 fully saturated rings. The Hall–Kier alpha value is -0.850. The predicted octanol–water partition coefficient (Wildman–Crippen LogP) is 3.52. The van der Waals surface area contributed by atoms with Gasteiger partial charge in [0.05, 0.1) is 21.3 Å². The molecular weight excluding hydrogens is 351 g/mol. The third-order valence-corrected chi connectivity index (χ3v) is 4.70. The second-order valence-corrected chi connectivity index (χ2v) is 6.73. The molecule has 110 valence electrons. The van der Waals surface area contributed by atoms with Crippen molar-refractivity contribution in [1.82, 2.24) is 5.32 Å². The number of urea groups is 1. The van der Waals surface area contributed by atoms with E-state index < -0.39 is 18.0 Å². The van der Waals surface area contributed by atoms with Gasteiger partial charge in [0.1, 0.15) is 5.82 Å². The van der Waals surface area contributed by atoms with Crippen molar-refractivity contribution in [3.8, 4) is 0 Å². The van der Waals surface area contributed by atoms with E-state index in [1.165, 1.54) is 6.07 Å². The highest BCUT2D eigenvalue weighted by Gasteiger charge is 2.47. The number of aliphatic hydroxyl groups excluding tert-OH is 1. The zero-order valence-corrected chi connectivity index (χ0v) is 13.3. The molecule has 1 aromatic rings. The van der Waals surface area contributed by atoms with Crippen LogP contribution in [-0.2, 0) is 0 Å². The van der Waals surface area contributed by atoms with Crippen LogP contribution in [0.25, 0.3) is 0 Å². The number of carbonyl (C=O) groups excluding carboxylic acids is 1. The molecule has 0 aromatic heterocycles. The number of benzene rings is 1. The zero-order chi connectivity index (χ0) is 15.1. The Morgan fingerprint density at radius 1 is 1.55 bits per heavy atom. The Bertz CT molecular complexity index is 553. The summed E-state index contributed by atoms with van der Waals surface area (Å²) in [4.78, 5) is 11.9. The van der Waals surface area contributed by atoms with Crippen LogP contribution >= 0.6 is 27.5 Å². The topological polar surface area (TPSA) is 61.4 Å². The van der Waals surface area contributed by atoms with Crippen molar-refractivity contribution in [3.63, 3.8) is 0 Å². The van der Waals surface area contributed by atoms with E-state index in [9.17, 15) is 14.3 Å². The van der Waals surface area contributed by atoms with Crippen LogP contribution in [-0.4, -0.2) is 23.3 Å². The van der Waals surface area contributed by atoms with E-state index in [1.54, 1.807) is 0 Å². The highest BCUT2D eigenvalue weighted by atomic mass is 79.9. The third-order valence-electron chi connectivity index (χ3n) is 3.78. The molecule has 0 saturated heterocycles. The molecule has 2 atom stereocenters. The predicted molar refractivity (Wildman–Crippen MR) is 79.5 cm³/mol. The summed E-state index contributed by atoms with van der Waals surface area (Å²) in [6.45, 7) is 3.75. The summed E-state index contributed by atoms with van der Waals surface area (Å²) in [5.41, 5.74) is -0.172. The van der Waals surface area contributed by atoms with Crippen LogP contribution in [0.2, 0.25) is 5.02 Å². The molecule has 0 bridgehead atoms. The van der Waals surface area contributed by atoms with Gasteiger partial charge in [-0.3, -0.25) is 0 Å². The van der Waals surface area contributed by atoms with Crippen LogP contribution in [0.1, 0.15) is 20.3 Å². The molecule has 0 radical (unpaired) electrons. The Kier molecular flexibility index (Phi) is 4.27. The van der Waals surface area contributed by atoms with Crippen LogP contribution in [0.15, 0.2) is 16.6 Å². The molecule has 2 unspecified atom stereocenters. The Morgan fingerprint density at radius 3 is 2.75 bits per heavy atom. The summed E-state index contributed by atoms with van der Waals surface area (Å²) >= 11 is 8.94. The van der Waals surface area contributed by atoms with Crippen molar-refractivity contribution in [3.05, 3.63) is 27.4 Å². The molecule has 2 amide bonds. The number of amides is 2. The normalized spacial score (nSPS) is 23.9. The minimum absolute atomic E-state index is 0.128. The minimum Gasteiger partial charge on any atom is -0.392 e. The van der Waals surface area contributed by atoms with Gasteiger partial charge in [0.25, 0.3) is 0 Å². The second kappa shape index (κ2) is 5.50. The van der Waals surface area contributed by atoms with Crippen molar-refractivity contribution in [2.45, 2.75) is 32.4 Å². The smallest absolute Gasteiger partial charge is 0.319 e. The van der Waals surface area contributed by atoms with Crippen molar-refractivity contribution in [2.75, 3.05) is 5.32 Å². The van der Waals surface area contributed by atoms with Gasteiger partial charge in [-0.25, -0.2) is 9.18 Å². The van der Waals surface area contributed by atoms with Gasteiger partial charge in [-0.05, 0) is 28.4 Å². The maximum absolute atomic E-state index is 13.4. The lowest BCUT2D eigenvalue weighted by molar-refractivity contribution is -0.0673. The summed E-state index contributed by atoms with van der Waals surface area (Å²) in [5.74, 6) is -0.510. The summed E-state index contributed by atoms with van der Waals surface area (Å²) in [5, 5.41) is 15.1. The average Bonchev–Trinajstić information content (AvgIpc) is 2.35. The van der Waals surface area contributed by atoms with Gasteiger partial charge in [0.15, 0.2) is 0 Å². The molecule has 4 nitrogen and oxygen atoms in total. The first-order chi connectivity index (χ1) is 9.21. The molecule has 3 N–H and O–H groups in total. The molecule has 0 spiro atoms. The van der Waals surface area contributed by atoms with E-state index in [2.05, 4.69) is 26.6 Å². The van der Waals surface area contributed by atoms with Crippen LogP contribution < -0.4 is 10.6 Å². The zero-order valence-electron chi connectivity index (χ0n) is 11.0.